The predicted molar refractivity (Wildman–Crippen MR) is 140 cm³/mol. The average Bonchev–Trinajstić information content (AvgIpc) is 3.26. The van der Waals surface area contributed by atoms with E-state index in [-0.39, 0.29) is 42.3 Å². The Morgan fingerprint density at radius 3 is 2.80 bits per heavy atom. The number of hydrogen-bond donors (Lipinski definition) is 6. The number of nitrogens with one attached hydrogen (secondary N) is 5. The lowest BCUT2D eigenvalue weighted by atomic mass is 9.94. The van der Waals surface area contributed by atoms with Gasteiger partial charge < -0.3 is 21.1 Å². The second kappa shape index (κ2) is 12.7. The van der Waals surface area contributed by atoms with Crippen molar-refractivity contribution in [1.82, 2.24) is 31.3 Å². The first-order chi connectivity index (χ1) is 17.0. The third-order valence-corrected chi connectivity index (χ3v) is 8.19. The minimum atomic E-state index is -0.0856. The van der Waals surface area contributed by atoms with Crippen LogP contribution in [0.4, 0.5) is 5.69 Å². The molecule has 3 saturated heterocycles. The van der Waals surface area contributed by atoms with Crippen LogP contribution in [0, 0.1) is 5.92 Å². The summed E-state index contributed by atoms with van der Waals surface area (Å²) in [6, 6.07) is 7.71. The van der Waals surface area contributed by atoms with Crippen LogP contribution >= 0.6 is 11.6 Å². The van der Waals surface area contributed by atoms with Gasteiger partial charge in [0.1, 0.15) is 0 Å². The van der Waals surface area contributed by atoms with Crippen LogP contribution in [0.5, 0.6) is 0 Å². The zero-order valence-corrected chi connectivity index (χ0v) is 21.7. The maximum absolute atomic E-state index is 13.0. The first kappa shape index (κ1) is 26.6. The van der Waals surface area contributed by atoms with Gasteiger partial charge in [-0.05, 0) is 83.4 Å². The molecule has 4 rings (SSSR count). The summed E-state index contributed by atoms with van der Waals surface area (Å²) in [5, 5.41) is 19.8. The Hall–Kier alpha value is -1.46. The Balaban J connectivity index is 1.33. The molecule has 5 atom stereocenters. The minimum absolute atomic E-state index is 0.0418. The number of likely N-dealkylation sites (N-methyl/N-ethyl adjacent to an activating group) is 1. The summed E-state index contributed by atoms with van der Waals surface area (Å²) in [6.45, 7) is 6.49. The first-order valence-corrected chi connectivity index (χ1v) is 13.5. The smallest absolute Gasteiger partial charge is 0.251 e. The number of rotatable bonds is 9. The molecular weight excluding hydrogens is 466 g/mol. The summed E-state index contributed by atoms with van der Waals surface area (Å²) in [4.78, 5) is 17.6. The van der Waals surface area contributed by atoms with Crippen molar-refractivity contribution < 1.29 is 9.90 Å². The van der Waals surface area contributed by atoms with Gasteiger partial charge in [-0.25, -0.2) is 10.9 Å². The topological polar surface area (TPSA) is 104 Å². The van der Waals surface area contributed by atoms with Crippen molar-refractivity contribution in [3.8, 4) is 0 Å². The highest BCUT2D eigenvalue weighted by Crippen LogP contribution is 2.25. The number of aliphatic hydroxyl groups is 1. The molecule has 10 heteroatoms. The third kappa shape index (κ3) is 6.65. The molecule has 1 aromatic rings. The number of halogens is 1. The largest absolute Gasteiger partial charge is 0.395 e. The molecule has 0 spiro atoms. The molecule has 0 aliphatic carbocycles. The first-order valence-electron chi connectivity index (χ1n) is 13.1. The number of carbonyl (C=O) groups excluding carboxylic acids is 1. The molecule has 1 amide bonds. The lowest BCUT2D eigenvalue weighted by Crippen LogP contribution is -2.55. The molecule has 6 N–H and O–H groups in total. The monoisotopic (exact) mass is 507 g/mol. The van der Waals surface area contributed by atoms with E-state index in [9.17, 15) is 9.90 Å². The van der Waals surface area contributed by atoms with Crippen molar-refractivity contribution in [3.63, 3.8) is 0 Å². The molecular formula is C25H42ClN7O2. The van der Waals surface area contributed by atoms with E-state index in [1.165, 1.54) is 0 Å². The lowest BCUT2D eigenvalue weighted by Gasteiger charge is -2.40. The summed E-state index contributed by atoms with van der Waals surface area (Å²) < 4.78 is 0. The maximum atomic E-state index is 13.0. The van der Waals surface area contributed by atoms with Crippen LogP contribution in [0.1, 0.15) is 43.0 Å². The maximum Gasteiger partial charge on any atom is 0.251 e. The van der Waals surface area contributed by atoms with Gasteiger partial charge in [-0.2, -0.15) is 0 Å². The van der Waals surface area contributed by atoms with E-state index in [0.29, 0.717) is 24.6 Å². The van der Waals surface area contributed by atoms with Crippen molar-refractivity contribution in [2.75, 3.05) is 51.7 Å². The highest BCUT2D eigenvalue weighted by atomic mass is 35.5. The second-order valence-electron chi connectivity index (χ2n) is 10.2. The number of alkyl halides is 1. The second-order valence-corrected chi connectivity index (χ2v) is 10.7. The fraction of sp³-hybridized carbons (Fsp3) is 0.720. The molecule has 3 aliphatic rings. The number of β-amino-alcohol motifs (C(OH)–C–C–N with tert-alkyl or cyclic N) is 1. The number of carbonyl (C=O) groups is 1. The van der Waals surface area contributed by atoms with Crippen LogP contribution in [0.2, 0.25) is 0 Å². The van der Waals surface area contributed by atoms with Gasteiger partial charge in [-0.15, -0.1) is 11.6 Å². The Morgan fingerprint density at radius 1 is 1.26 bits per heavy atom. The number of anilines is 1. The van der Waals surface area contributed by atoms with E-state index in [4.69, 9.17) is 11.6 Å². The van der Waals surface area contributed by atoms with Crippen molar-refractivity contribution in [2.24, 2.45) is 5.92 Å². The number of hydrazine groups is 1. The van der Waals surface area contributed by atoms with Crippen molar-refractivity contribution in [3.05, 3.63) is 29.8 Å². The predicted octanol–water partition coefficient (Wildman–Crippen LogP) is 0.972. The number of likely N-dealkylation sites (tertiary alicyclic amines) is 1. The molecule has 0 aromatic heterocycles. The molecule has 0 radical (unpaired) electrons. The average molecular weight is 508 g/mol. The molecule has 0 saturated carbocycles. The lowest BCUT2D eigenvalue weighted by molar-refractivity contribution is 0.0888. The fourth-order valence-corrected chi connectivity index (χ4v) is 6.42. The van der Waals surface area contributed by atoms with Gasteiger partial charge in [0.25, 0.3) is 5.91 Å². The standard InChI is InChI=1S/C25H42ClN7O2/c1-17(23-21(26)7-4-12-32(23)2)29-25(35)19-5-3-6-20(15-19)28-16-22-30-31-24(33(22)13-14-34)18-8-10-27-11-9-18/h3,5-6,15,17-18,21-24,27-28,30-31,34H,4,7-14,16H2,1-2H3,(H,29,35)/t17-,21?,22?,23?,24?/m0/s1. The van der Waals surface area contributed by atoms with Crippen molar-refractivity contribution >= 4 is 23.2 Å². The highest BCUT2D eigenvalue weighted by Gasteiger charge is 2.37. The number of benzene rings is 1. The molecule has 3 fully saturated rings. The van der Waals surface area contributed by atoms with Gasteiger partial charge in [-0.3, -0.25) is 14.6 Å². The molecule has 4 unspecified atom stereocenters. The van der Waals surface area contributed by atoms with E-state index in [1.54, 1.807) is 0 Å². The van der Waals surface area contributed by atoms with E-state index < -0.39 is 0 Å². The molecule has 35 heavy (non-hydrogen) atoms. The SMILES string of the molecule is C[C@H](NC(=O)c1cccc(NCC2NNC(C3CCNCC3)N2CCO)c1)C1C(Cl)CCCN1C. The number of nitrogens with zero attached hydrogens (tertiary/aromatic N) is 2. The summed E-state index contributed by atoms with van der Waals surface area (Å²) in [5.41, 5.74) is 8.38. The van der Waals surface area contributed by atoms with Gasteiger partial charge in [0.05, 0.1) is 24.3 Å². The van der Waals surface area contributed by atoms with Crippen LogP contribution in [-0.4, -0.2) is 97.0 Å². The quantitative estimate of drug-likeness (QED) is 0.275. The highest BCUT2D eigenvalue weighted by molar-refractivity contribution is 6.21. The molecule has 0 bridgehead atoms. The summed E-state index contributed by atoms with van der Waals surface area (Å²) in [6.07, 6.45) is 4.57. The van der Waals surface area contributed by atoms with E-state index in [1.807, 2.05) is 31.2 Å². The van der Waals surface area contributed by atoms with Crippen LogP contribution in [0.15, 0.2) is 24.3 Å². The Bertz CT molecular complexity index is 815. The molecule has 3 heterocycles. The third-order valence-electron chi connectivity index (χ3n) is 7.71. The van der Waals surface area contributed by atoms with Gasteiger partial charge in [-0.1, -0.05) is 6.07 Å². The minimum Gasteiger partial charge on any atom is -0.395 e. The van der Waals surface area contributed by atoms with Crippen LogP contribution < -0.4 is 26.8 Å². The van der Waals surface area contributed by atoms with Crippen LogP contribution in [-0.2, 0) is 0 Å². The summed E-state index contributed by atoms with van der Waals surface area (Å²) >= 11 is 6.59. The Morgan fingerprint density at radius 2 is 2.06 bits per heavy atom. The van der Waals surface area contributed by atoms with Gasteiger partial charge in [0.2, 0.25) is 0 Å². The van der Waals surface area contributed by atoms with E-state index >= 15 is 0 Å². The number of aliphatic hydroxyl groups excluding tert-OH is 1. The molecule has 196 valence electrons. The zero-order chi connectivity index (χ0) is 24.8. The number of piperidine rings is 2. The van der Waals surface area contributed by atoms with E-state index in [0.717, 1.165) is 51.0 Å². The zero-order valence-electron chi connectivity index (χ0n) is 21.0. The number of amides is 1. The summed E-state index contributed by atoms with van der Waals surface area (Å²) in [5.74, 6) is 0.461. The Kier molecular flexibility index (Phi) is 9.63. The van der Waals surface area contributed by atoms with Gasteiger partial charge in [0.15, 0.2) is 0 Å². The molecule has 9 nitrogen and oxygen atoms in total. The normalized spacial score (nSPS) is 29.7. The molecule has 1 aromatic carbocycles. The van der Waals surface area contributed by atoms with Crippen molar-refractivity contribution in [1.29, 1.82) is 0 Å². The van der Waals surface area contributed by atoms with Gasteiger partial charge >= 0.3 is 0 Å². The molecule has 3 aliphatic heterocycles. The van der Waals surface area contributed by atoms with Crippen molar-refractivity contribution in [2.45, 2.75) is 62.4 Å². The van der Waals surface area contributed by atoms with Crippen LogP contribution in [0.3, 0.4) is 0 Å². The summed E-state index contributed by atoms with van der Waals surface area (Å²) in [7, 11) is 2.08. The van der Waals surface area contributed by atoms with Crippen LogP contribution in [0.25, 0.3) is 0 Å². The fourth-order valence-electron chi connectivity index (χ4n) is 5.86. The number of hydrogen-bond acceptors (Lipinski definition) is 8. The Labute approximate surface area is 214 Å². The van der Waals surface area contributed by atoms with E-state index in [2.05, 4.69) is 43.6 Å². The van der Waals surface area contributed by atoms with Gasteiger partial charge in [0, 0.05) is 36.4 Å².